The second-order valence-electron chi connectivity index (χ2n) is 4.50. The maximum atomic E-state index is 10.2. The highest BCUT2D eigenvalue weighted by Crippen LogP contribution is 2.28. The standard InChI is InChI=1S/C12H16N2OS2/c15-10(11-3-1-2-5-16-11)7-9-8-14-4-6-17-12(14)13-9/h4,6,8,10-11,15H,1-3,5,7H2. The molecule has 0 saturated carbocycles. The minimum absolute atomic E-state index is 0.245. The van der Waals surface area contributed by atoms with Gasteiger partial charge < -0.3 is 5.11 Å². The Morgan fingerprint density at radius 1 is 1.53 bits per heavy atom. The van der Waals surface area contributed by atoms with Gasteiger partial charge in [-0.25, -0.2) is 4.98 Å². The number of fused-ring (bicyclic) bond motifs is 1. The Balaban J connectivity index is 1.67. The van der Waals surface area contributed by atoms with E-state index >= 15 is 0 Å². The Morgan fingerprint density at radius 3 is 3.24 bits per heavy atom. The summed E-state index contributed by atoms with van der Waals surface area (Å²) in [5.41, 5.74) is 1.01. The molecule has 3 rings (SSSR count). The molecule has 0 spiro atoms. The lowest BCUT2D eigenvalue weighted by Crippen LogP contribution is -2.28. The summed E-state index contributed by atoms with van der Waals surface area (Å²) in [6, 6.07) is 0. The van der Waals surface area contributed by atoms with Crippen LogP contribution in [0.4, 0.5) is 0 Å². The molecule has 5 heteroatoms. The van der Waals surface area contributed by atoms with Crippen molar-refractivity contribution in [2.24, 2.45) is 0 Å². The Morgan fingerprint density at radius 2 is 2.47 bits per heavy atom. The summed E-state index contributed by atoms with van der Waals surface area (Å²) in [6.45, 7) is 0. The Bertz CT molecular complexity index is 459. The number of aliphatic hydroxyl groups excluding tert-OH is 1. The fourth-order valence-corrected chi connectivity index (χ4v) is 4.33. The molecule has 1 fully saturated rings. The lowest BCUT2D eigenvalue weighted by molar-refractivity contribution is 0.165. The van der Waals surface area contributed by atoms with Gasteiger partial charge in [0.1, 0.15) is 0 Å². The van der Waals surface area contributed by atoms with E-state index in [1.807, 2.05) is 33.9 Å². The van der Waals surface area contributed by atoms with Crippen molar-refractivity contribution in [3.8, 4) is 0 Å². The number of hydrogen-bond donors (Lipinski definition) is 1. The second-order valence-corrected chi connectivity index (χ2v) is 6.72. The van der Waals surface area contributed by atoms with Gasteiger partial charge in [0.2, 0.25) is 0 Å². The van der Waals surface area contributed by atoms with Crippen molar-refractivity contribution in [2.75, 3.05) is 5.75 Å². The highest BCUT2D eigenvalue weighted by atomic mass is 32.2. The third kappa shape index (κ3) is 2.51. The maximum Gasteiger partial charge on any atom is 0.193 e. The summed E-state index contributed by atoms with van der Waals surface area (Å²) in [6.07, 6.45) is 8.19. The second kappa shape index (κ2) is 5.00. The van der Waals surface area contributed by atoms with E-state index in [-0.39, 0.29) is 6.10 Å². The average molecular weight is 268 g/mol. The zero-order valence-electron chi connectivity index (χ0n) is 9.58. The van der Waals surface area contributed by atoms with Crippen molar-refractivity contribution in [3.63, 3.8) is 0 Å². The lowest BCUT2D eigenvalue weighted by Gasteiger charge is -2.25. The molecule has 0 aliphatic carbocycles. The zero-order valence-corrected chi connectivity index (χ0v) is 11.2. The fourth-order valence-electron chi connectivity index (χ4n) is 2.29. The summed E-state index contributed by atoms with van der Waals surface area (Å²) >= 11 is 3.55. The average Bonchev–Trinajstić information content (AvgIpc) is 2.90. The molecule has 3 heterocycles. The number of nitrogens with zero attached hydrogens (tertiary/aromatic N) is 2. The minimum Gasteiger partial charge on any atom is -0.392 e. The van der Waals surface area contributed by atoms with Gasteiger partial charge in [0.25, 0.3) is 0 Å². The van der Waals surface area contributed by atoms with E-state index in [1.54, 1.807) is 11.3 Å². The first-order valence-corrected chi connectivity index (χ1v) is 7.96. The van der Waals surface area contributed by atoms with Crippen LogP contribution in [-0.4, -0.2) is 31.6 Å². The maximum absolute atomic E-state index is 10.2. The smallest absolute Gasteiger partial charge is 0.193 e. The Labute approximate surface area is 109 Å². The topological polar surface area (TPSA) is 37.5 Å². The molecule has 0 bridgehead atoms. The van der Waals surface area contributed by atoms with E-state index in [4.69, 9.17) is 0 Å². The highest BCUT2D eigenvalue weighted by Gasteiger charge is 2.23. The van der Waals surface area contributed by atoms with Crippen molar-refractivity contribution in [2.45, 2.75) is 37.0 Å². The van der Waals surface area contributed by atoms with Gasteiger partial charge in [-0.1, -0.05) is 6.42 Å². The number of aliphatic hydroxyl groups is 1. The minimum atomic E-state index is -0.245. The van der Waals surface area contributed by atoms with Crippen molar-refractivity contribution >= 4 is 28.1 Å². The van der Waals surface area contributed by atoms with Crippen LogP contribution in [0.15, 0.2) is 17.8 Å². The van der Waals surface area contributed by atoms with Crippen LogP contribution in [0, 0.1) is 0 Å². The molecule has 2 aromatic rings. The number of imidazole rings is 1. The van der Waals surface area contributed by atoms with Crippen LogP contribution in [0.1, 0.15) is 25.0 Å². The fraction of sp³-hybridized carbons (Fsp3) is 0.583. The van der Waals surface area contributed by atoms with E-state index < -0.39 is 0 Å². The highest BCUT2D eigenvalue weighted by molar-refractivity contribution is 8.00. The molecule has 17 heavy (non-hydrogen) atoms. The van der Waals surface area contributed by atoms with E-state index in [2.05, 4.69) is 4.98 Å². The molecular weight excluding hydrogens is 252 g/mol. The van der Waals surface area contributed by atoms with E-state index in [9.17, 15) is 5.11 Å². The molecule has 2 atom stereocenters. The molecular formula is C12H16N2OS2. The molecule has 0 amide bonds. The molecule has 3 nitrogen and oxygen atoms in total. The SMILES string of the molecule is OC(Cc1cn2ccsc2n1)C1CCCCS1. The molecule has 1 aliphatic heterocycles. The normalized spacial score (nSPS) is 23.0. The molecule has 1 N–H and O–H groups in total. The third-order valence-electron chi connectivity index (χ3n) is 3.21. The molecule has 92 valence electrons. The molecule has 2 aromatic heterocycles. The molecule has 2 unspecified atom stereocenters. The monoisotopic (exact) mass is 268 g/mol. The summed E-state index contributed by atoms with van der Waals surface area (Å²) in [7, 11) is 0. The van der Waals surface area contributed by atoms with Crippen LogP contribution in [-0.2, 0) is 6.42 Å². The predicted octanol–water partition coefficient (Wildman–Crippen LogP) is 2.58. The van der Waals surface area contributed by atoms with Gasteiger partial charge in [0, 0.05) is 29.4 Å². The zero-order chi connectivity index (χ0) is 11.7. The Hall–Kier alpha value is -0.520. The molecule has 1 saturated heterocycles. The largest absolute Gasteiger partial charge is 0.392 e. The molecule has 0 radical (unpaired) electrons. The number of thiazole rings is 1. The summed E-state index contributed by atoms with van der Waals surface area (Å²) in [5, 5.41) is 12.7. The van der Waals surface area contributed by atoms with Crippen molar-refractivity contribution in [3.05, 3.63) is 23.5 Å². The quantitative estimate of drug-likeness (QED) is 0.929. The van der Waals surface area contributed by atoms with E-state index in [1.165, 1.54) is 18.6 Å². The van der Waals surface area contributed by atoms with Gasteiger partial charge in [-0.3, -0.25) is 4.40 Å². The first-order valence-electron chi connectivity index (χ1n) is 6.04. The van der Waals surface area contributed by atoms with Crippen LogP contribution >= 0.6 is 23.1 Å². The van der Waals surface area contributed by atoms with Crippen molar-refractivity contribution < 1.29 is 5.11 Å². The molecule has 0 aromatic carbocycles. The summed E-state index contributed by atoms with van der Waals surface area (Å²) < 4.78 is 2.03. The molecule has 1 aliphatic rings. The van der Waals surface area contributed by atoms with Crippen molar-refractivity contribution in [1.82, 2.24) is 9.38 Å². The predicted molar refractivity (Wildman–Crippen MR) is 72.9 cm³/mol. The van der Waals surface area contributed by atoms with Crippen molar-refractivity contribution in [1.29, 1.82) is 0 Å². The van der Waals surface area contributed by atoms with Gasteiger partial charge in [0.15, 0.2) is 4.96 Å². The van der Waals surface area contributed by atoms with Gasteiger partial charge in [-0.05, 0) is 18.6 Å². The number of thioether (sulfide) groups is 1. The third-order valence-corrected chi connectivity index (χ3v) is 5.48. The van der Waals surface area contributed by atoms with Crippen LogP contribution in [0.25, 0.3) is 4.96 Å². The van der Waals surface area contributed by atoms with Gasteiger partial charge in [0.05, 0.1) is 11.8 Å². The van der Waals surface area contributed by atoms with Crippen LogP contribution < -0.4 is 0 Å². The van der Waals surface area contributed by atoms with Gasteiger partial charge in [-0.2, -0.15) is 11.8 Å². The van der Waals surface area contributed by atoms with Gasteiger partial charge >= 0.3 is 0 Å². The van der Waals surface area contributed by atoms with Crippen LogP contribution in [0.3, 0.4) is 0 Å². The number of rotatable bonds is 3. The first kappa shape index (κ1) is 11.6. The van der Waals surface area contributed by atoms with Gasteiger partial charge in [-0.15, -0.1) is 11.3 Å². The Kier molecular flexibility index (Phi) is 3.40. The number of hydrogen-bond acceptors (Lipinski definition) is 4. The number of aromatic nitrogens is 2. The van der Waals surface area contributed by atoms with Crippen LogP contribution in [0.5, 0.6) is 0 Å². The summed E-state index contributed by atoms with van der Waals surface area (Å²) in [4.78, 5) is 5.54. The van der Waals surface area contributed by atoms with Crippen LogP contribution in [0.2, 0.25) is 0 Å². The van der Waals surface area contributed by atoms with E-state index in [0.717, 1.165) is 17.1 Å². The summed E-state index contributed by atoms with van der Waals surface area (Å²) in [5.74, 6) is 1.19. The van der Waals surface area contributed by atoms with E-state index in [0.29, 0.717) is 11.7 Å². The lowest BCUT2D eigenvalue weighted by atomic mass is 10.1. The first-order chi connectivity index (χ1) is 8.33.